The fraction of sp³-hybridized carbons (Fsp3) is 0.923. The highest BCUT2D eigenvalue weighted by Crippen LogP contribution is 2.17. The highest BCUT2D eigenvalue weighted by Gasteiger charge is 2.14. The smallest absolute Gasteiger partial charge is 0.166 e. The van der Waals surface area contributed by atoms with Gasteiger partial charge in [-0.1, -0.05) is 46.0 Å². The average Bonchev–Trinajstić information content (AvgIpc) is 2.31. The van der Waals surface area contributed by atoms with E-state index in [1.807, 2.05) is 0 Å². The Kier molecular flexibility index (Phi) is 6.78. The van der Waals surface area contributed by atoms with Crippen LogP contribution in [0.2, 0.25) is 0 Å². The summed E-state index contributed by atoms with van der Waals surface area (Å²) < 4.78 is 0. The molecule has 0 aromatic rings. The van der Waals surface area contributed by atoms with Gasteiger partial charge in [-0.25, -0.2) is 0 Å². The Morgan fingerprint density at radius 3 is 2.38 bits per heavy atom. The van der Waals surface area contributed by atoms with E-state index in [0.29, 0.717) is 6.04 Å². The predicted molar refractivity (Wildman–Crippen MR) is 74.7 cm³/mol. The number of rotatable bonds is 5. The maximum Gasteiger partial charge on any atom is 0.166 e. The lowest BCUT2D eigenvalue weighted by atomic mass is 9.96. The molecule has 0 aromatic carbocycles. The van der Waals surface area contributed by atoms with Gasteiger partial charge in [0.1, 0.15) is 0 Å². The maximum absolute atomic E-state index is 5.33. The summed E-state index contributed by atoms with van der Waals surface area (Å²) in [6.07, 6.45) is 9.14. The van der Waals surface area contributed by atoms with Crippen LogP contribution < -0.4 is 10.6 Å². The lowest BCUT2D eigenvalue weighted by Crippen LogP contribution is -2.44. The molecule has 1 saturated carbocycles. The van der Waals surface area contributed by atoms with Crippen molar-refractivity contribution in [2.45, 2.75) is 64.8 Å². The first-order valence-electron chi connectivity index (χ1n) is 6.80. The molecular formula is C13H26N2S. The fourth-order valence-corrected chi connectivity index (χ4v) is 2.55. The second-order valence-electron chi connectivity index (χ2n) is 4.87. The zero-order valence-electron chi connectivity index (χ0n) is 10.7. The van der Waals surface area contributed by atoms with E-state index in [-0.39, 0.29) is 0 Å². The van der Waals surface area contributed by atoms with E-state index < -0.39 is 0 Å². The van der Waals surface area contributed by atoms with Crippen molar-refractivity contribution in [1.29, 1.82) is 0 Å². The molecular weight excluding hydrogens is 216 g/mol. The molecule has 0 bridgehead atoms. The third-order valence-corrected chi connectivity index (χ3v) is 3.91. The Hall–Kier alpha value is -0.310. The summed E-state index contributed by atoms with van der Waals surface area (Å²) in [6, 6.07) is 0.621. The van der Waals surface area contributed by atoms with Gasteiger partial charge in [0.2, 0.25) is 0 Å². The van der Waals surface area contributed by atoms with Crippen LogP contribution in [-0.2, 0) is 0 Å². The first kappa shape index (κ1) is 13.8. The molecule has 0 radical (unpaired) electrons. The monoisotopic (exact) mass is 242 g/mol. The minimum atomic E-state index is 0.621. The number of hydrogen-bond acceptors (Lipinski definition) is 1. The van der Waals surface area contributed by atoms with Crippen LogP contribution in [-0.4, -0.2) is 17.7 Å². The number of nitrogens with one attached hydrogen (secondary N) is 2. The Morgan fingerprint density at radius 1 is 1.19 bits per heavy atom. The molecule has 0 amide bonds. The van der Waals surface area contributed by atoms with Gasteiger partial charge in [-0.15, -0.1) is 0 Å². The van der Waals surface area contributed by atoms with Gasteiger partial charge < -0.3 is 10.6 Å². The van der Waals surface area contributed by atoms with Gasteiger partial charge in [0.05, 0.1) is 0 Å². The van der Waals surface area contributed by atoms with Crippen LogP contribution in [0.25, 0.3) is 0 Å². The van der Waals surface area contributed by atoms with Crippen LogP contribution in [0.5, 0.6) is 0 Å². The first-order chi connectivity index (χ1) is 7.76. The van der Waals surface area contributed by atoms with Gasteiger partial charge in [0, 0.05) is 12.6 Å². The highest BCUT2D eigenvalue weighted by atomic mass is 32.1. The van der Waals surface area contributed by atoms with Gasteiger partial charge in [-0.05, 0) is 31.0 Å². The molecule has 0 aliphatic heterocycles. The van der Waals surface area contributed by atoms with Crippen LogP contribution in [0, 0.1) is 5.92 Å². The number of hydrogen-bond donors (Lipinski definition) is 2. The Bertz CT molecular complexity index is 196. The van der Waals surface area contributed by atoms with Crippen molar-refractivity contribution in [3.05, 3.63) is 0 Å². The van der Waals surface area contributed by atoms with E-state index in [0.717, 1.165) is 17.6 Å². The Labute approximate surface area is 106 Å². The summed E-state index contributed by atoms with van der Waals surface area (Å²) in [6.45, 7) is 5.51. The maximum atomic E-state index is 5.33. The minimum Gasteiger partial charge on any atom is -0.362 e. The molecule has 16 heavy (non-hydrogen) atoms. The summed E-state index contributed by atoms with van der Waals surface area (Å²) in [5.41, 5.74) is 0. The summed E-state index contributed by atoms with van der Waals surface area (Å²) in [7, 11) is 0. The standard InChI is InChI=1S/C13H26N2S/c1-3-11(4-2)10-14-13(16)15-12-8-6-5-7-9-12/h11-12H,3-10H2,1-2H3,(H2,14,15,16). The molecule has 2 N–H and O–H groups in total. The Balaban J connectivity index is 2.14. The lowest BCUT2D eigenvalue weighted by molar-refractivity contribution is 0.409. The van der Waals surface area contributed by atoms with E-state index in [9.17, 15) is 0 Å². The normalized spacial score (nSPS) is 17.4. The quantitative estimate of drug-likeness (QED) is 0.724. The largest absolute Gasteiger partial charge is 0.362 e. The SMILES string of the molecule is CCC(CC)CNC(=S)NC1CCCCC1. The van der Waals surface area contributed by atoms with E-state index in [4.69, 9.17) is 12.2 Å². The molecule has 1 aliphatic rings. The first-order valence-corrected chi connectivity index (χ1v) is 7.21. The molecule has 0 heterocycles. The molecule has 1 aliphatic carbocycles. The summed E-state index contributed by atoms with van der Waals surface area (Å²) in [4.78, 5) is 0. The van der Waals surface area contributed by atoms with Crippen molar-refractivity contribution < 1.29 is 0 Å². The number of thiocarbonyl (C=S) groups is 1. The highest BCUT2D eigenvalue weighted by molar-refractivity contribution is 7.80. The third kappa shape index (κ3) is 5.15. The molecule has 0 spiro atoms. The van der Waals surface area contributed by atoms with E-state index >= 15 is 0 Å². The molecule has 0 saturated heterocycles. The van der Waals surface area contributed by atoms with Crippen LogP contribution >= 0.6 is 12.2 Å². The summed E-state index contributed by atoms with van der Waals surface area (Å²) in [5.74, 6) is 0.756. The second kappa shape index (κ2) is 7.88. The lowest BCUT2D eigenvalue weighted by Gasteiger charge is -2.25. The zero-order chi connectivity index (χ0) is 11.8. The molecule has 0 unspecified atom stereocenters. The van der Waals surface area contributed by atoms with Crippen LogP contribution in [0.4, 0.5) is 0 Å². The molecule has 2 nitrogen and oxygen atoms in total. The van der Waals surface area contributed by atoms with Gasteiger partial charge in [-0.3, -0.25) is 0 Å². The molecule has 1 rings (SSSR count). The van der Waals surface area contributed by atoms with Crippen molar-refractivity contribution in [1.82, 2.24) is 10.6 Å². The van der Waals surface area contributed by atoms with Gasteiger partial charge >= 0.3 is 0 Å². The van der Waals surface area contributed by atoms with Crippen LogP contribution in [0.1, 0.15) is 58.8 Å². The third-order valence-electron chi connectivity index (χ3n) is 3.65. The molecule has 1 fully saturated rings. The molecule has 0 atom stereocenters. The fourth-order valence-electron chi connectivity index (χ4n) is 2.30. The van der Waals surface area contributed by atoms with Crippen molar-refractivity contribution in [3.63, 3.8) is 0 Å². The van der Waals surface area contributed by atoms with Crippen molar-refractivity contribution >= 4 is 17.3 Å². The summed E-state index contributed by atoms with van der Waals surface area (Å²) >= 11 is 5.33. The molecule has 94 valence electrons. The average molecular weight is 242 g/mol. The van der Waals surface area contributed by atoms with Crippen molar-refractivity contribution in [2.24, 2.45) is 5.92 Å². The van der Waals surface area contributed by atoms with E-state index in [1.54, 1.807) is 0 Å². The Morgan fingerprint density at radius 2 is 1.81 bits per heavy atom. The van der Waals surface area contributed by atoms with Crippen molar-refractivity contribution in [2.75, 3.05) is 6.54 Å². The molecule has 0 aromatic heterocycles. The topological polar surface area (TPSA) is 24.1 Å². The van der Waals surface area contributed by atoms with Crippen LogP contribution in [0.3, 0.4) is 0 Å². The van der Waals surface area contributed by atoms with Crippen molar-refractivity contribution in [3.8, 4) is 0 Å². The predicted octanol–water partition coefficient (Wildman–Crippen LogP) is 3.22. The van der Waals surface area contributed by atoms with Gasteiger partial charge in [0.25, 0.3) is 0 Å². The van der Waals surface area contributed by atoms with E-state index in [1.165, 1.54) is 44.9 Å². The second-order valence-corrected chi connectivity index (χ2v) is 5.28. The molecule has 3 heteroatoms. The van der Waals surface area contributed by atoms with Crippen LogP contribution in [0.15, 0.2) is 0 Å². The zero-order valence-corrected chi connectivity index (χ0v) is 11.5. The summed E-state index contributed by atoms with van der Waals surface area (Å²) in [5, 5.41) is 7.65. The minimum absolute atomic E-state index is 0.621. The van der Waals surface area contributed by atoms with Gasteiger partial charge in [-0.2, -0.15) is 0 Å². The van der Waals surface area contributed by atoms with E-state index in [2.05, 4.69) is 24.5 Å². The van der Waals surface area contributed by atoms with Gasteiger partial charge in [0.15, 0.2) is 5.11 Å².